The van der Waals surface area contributed by atoms with Gasteiger partial charge in [-0.15, -0.1) is 0 Å². The van der Waals surface area contributed by atoms with Gasteiger partial charge < -0.3 is 54.1 Å². The predicted octanol–water partition coefficient (Wildman–Crippen LogP) is -1.16. The fourth-order valence-electron chi connectivity index (χ4n) is 4.85. The number of benzene rings is 2. The van der Waals surface area contributed by atoms with Crippen molar-refractivity contribution in [3.8, 4) is 5.75 Å². The van der Waals surface area contributed by atoms with Crippen molar-refractivity contribution in [2.24, 2.45) is 27.9 Å². The number of nitrogens with two attached hydrogens (primary N) is 4. The van der Waals surface area contributed by atoms with Gasteiger partial charge >= 0.3 is 5.97 Å². The lowest BCUT2D eigenvalue weighted by atomic mass is 10.0. The van der Waals surface area contributed by atoms with E-state index >= 15 is 0 Å². The standard InChI is InChI=1S/C31H41N9O7/c32-21(15-18-16-37-22-5-2-1-4-20(18)22)27(43)38-23(6-3-13-36-31(34)35)28(44)39-24(11-12-26(33)42)29(45)40-25(30(46)47)14-17-7-9-19(41)10-8-17/h1-2,4-5,7-10,16,21,23-25,37,41H,3,6,11-15,32H2,(H2,33,42)(H,38,43)(H,39,44)(H,40,45)(H,46,47)(H4,34,35,36). The summed E-state index contributed by atoms with van der Waals surface area (Å²) in [5.41, 5.74) is 24.5. The van der Waals surface area contributed by atoms with Crippen LogP contribution in [0.5, 0.6) is 5.75 Å². The first-order valence-electron chi connectivity index (χ1n) is 14.9. The molecular weight excluding hydrogens is 610 g/mol. The van der Waals surface area contributed by atoms with Crippen molar-refractivity contribution in [1.29, 1.82) is 0 Å². The summed E-state index contributed by atoms with van der Waals surface area (Å²) in [5.74, 6) is -4.56. The molecule has 0 saturated heterocycles. The number of para-hydroxylation sites is 1. The van der Waals surface area contributed by atoms with Gasteiger partial charge in [0.25, 0.3) is 0 Å². The Morgan fingerprint density at radius 2 is 1.43 bits per heavy atom. The predicted molar refractivity (Wildman–Crippen MR) is 174 cm³/mol. The first kappa shape index (κ1) is 35.8. The van der Waals surface area contributed by atoms with Gasteiger partial charge in [-0.05, 0) is 55.0 Å². The van der Waals surface area contributed by atoms with Crippen molar-refractivity contribution < 1.29 is 34.2 Å². The van der Waals surface area contributed by atoms with Crippen molar-refractivity contribution in [2.75, 3.05) is 6.54 Å². The van der Waals surface area contributed by atoms with Gasteiger partial charge in [0.2, 0.25) is 23.6 Å². The average molecular weight is 652 g/mol. The molecule has 0 aliphatic heterocycles. The zero-order valence-electron chi connectivity index (χ0n) is 25.6. The number of hydrogen-bond donors (Lipinski definition) is 10. The largest absolute Gasteiger partial charge is 0.508 e. The number of aliphatic imine (C=N–C) groups is 1. The minimum atomic E-state index is -1.40. The van der Waals surface area contributed by atoms with Gasteiger partial charge in [0.1, 0.15) is 23.9 Å². The number of rotatable bonds is 18. The van der Waals surface area contributed by atoms with E-state index in [0.717, 1.165) is 16.5 Å². The molecule has 3 rings (SSSR count). The Balaban J connectivity index is 1.75. The van der Waals surface area contributed by atoms with Crippen LogP contribution >= 0.6 is 0 Å². The molecule has 4 unspecified atom stereocenters. The first-order chi connectivity index (χ1) is 22.3. The number of phenolic OH excluding ortho intramolecular Hbond substituents is 1. The Labute approximate surface area is 270 Å². The monoisotopic (exact) mass is 651 g/mol. The quantitative estimate of drug-likeness (QED) is 0.0447. The number of phenols is 1. The molecule has 0 aliphatic carbocycles. The smallest absolute Gasteiger partial charge is 0.326 e. The maximum absolute atomic E-state index is 13.5. The van der Waals surface area contributed by atoms with Gasteiger partial charge in [-0.25, -0.2) is 4.79 Å². The molecule has 16 heteroatoms. The van der Waals surface area contributed by atoms with Crippen LogP contribution in [0.3, 0.4) is 0 Å². The molecule has 0 saturated carbocycles. The van der Waals surface area contributed by atoms with Crippen LogP contribution in [-0.2, 0) is 36.8 Å². The van der Waals surface area contributed by atoms with Crippen LogP contribution in [0.2, 0.25) is 0 Å². The third kappa shape index (κ3) is 11.3. The molecule has 2 aromatic carbocycles. The topological polar surface area (TPSA) is 294 Å². The lowest BCUT2D eigenvalue weighted by molar-refractivity contribution is -0.142. The minimum absolute atomic E-state index is 0.0160. The third-order valence-electron chi connectivity index (χ3n) is 7.33. The molecule has 0 radical (unpaired) electrons. The van der Waals surface area contributed by atoms with Gasteiger partial charge in [-0.2, -0.15) is 0 Å². The van der Waals surface area contributed by atoms with Crippen LogP contribution in [0.1, 0.15) is 36.8 Å². The van der Waals surface area contributed by atoms with Crippen LogP contribution in [0, 0.1) is 0 Å². The summed E-state index contributed by atoms with van der Waals surface area (Å²) < 4.78 is 0. The molecule has 14 N–H and O–H groups in total. The Kier molecular flexibility index (Phi) is 13.1. The van der Waals surface area contributed by atoms with E-state index < -0.39 is 53.8 Å². The van der Waals surface area contributed by atoms with Gasteiger partial charge in [-0.3, -0.25) is 24.2 Å². The number of fused-ring (bicyclic) bond motifs is 1. The minimum Gasteiger partial charge on any atom is -0.508 e. The number of H-pyrrole nitrogens is 1. The van der Waals surface area contributed by atoms with Gasteiger partial charge in [-0.1, -0.05) is 30.3 Å². The van der Waals surface area contributed by atoms with Gasteiger partial charge in [0.15, 0.2) is 5.96 Å². The Hall–Kier alpha value is -5.64. The van der Waals surface area contributed by atoms with Crippen LogP contribution in [0.4, 0.5) is 0 Å². The summed E-state index contributed by atoms with van der Waals surface area (Å²) in [6, 6.07) is 8.25. The number of carboxylic acid groups (broad SMARTS) is 1. The number of carbonyl (C=O) groups is 5. The number of nitrogens with one attached hydrogen (secondary N) is 4. The van der Waals surface area contributed by atoms with Crippen molar-refractivity contribution >= 4 is 46.5 Å². The fraction of sp³-hybridized carbons (Fsp3) is 0.355. The summed E-state index contributed by atoms with van der Waals surface area (Å²) in [6.45, 7) is 0.145. The van der Waals surface area contributed by atoms with E-state index in [0.29, 0.717) is 5.56 Å². The number of carboxylic acids is 1. The van der Waals surface area contributed by atoms with E-state index in [1.165, 1.54) is 24.3 Å². The van der Waals surface area contributed by atoms with Crippen molar-refractivity contribution in [3.63, 3.8) is 0 Å². The van der Waals surface area contributed by atoms with Crippen LogP contribution in [-0.4, -0.2) is 81.5 Å². The maximum Gasteiger partial charge on any atom is 0.326 e. The maximum atomic E-state index is 13.5. The van der Waals surface area contributed by atoms with E-state index in [1.807, 2.05) is 24.3 Å². The molecule has 4 amide bonds. The molecule has 1 heterocycles. The van der Waals surface area contributed by atoms with E-state index in [1.54, 1.807) is 6.20 Å². The van der Waals surface area contributed by atoms with Crippen LogP contribution in [0.15, 0.2) is 59.7 Å². The van der Waals surface area contributed by atoms with Crippen molar-refractivity contribution in [1.82, 2.24) is 20.9 Å². The van der Waals surface area contributed by atoms with Crippen molar-refractivity contribution in [3.05, 3.63) is 65.9 Å². The number of amides is 4. The number of aromatic nitrogens is 1. The summed E-state index contributed by atoms with van der Waals surface area (Å²) in [4.78, 5) is 70.6. The number of carbonyl (C=O) groups excluding carboxylic acids is 4. The molecule has 0 aliphatic rings. The zero-order valence-corrected chi connectivity index (χ0v) is 25.6. The second-order valence-corrected chi connectivity index (χ2v) is 11.0. The summed E-state index contributed by atoms with van der Waals surface area (Å²) in [5, 5.41) is 27.7. The number of nitrogens with zero attached hydrogens (tertiary/aromatic N) is 1. The molecule has 0 spiro atoms. The fourth-order valence-corrected chi connectivity index (χ4v) is 4.85. The van der Waals surface area contributed by atoms with E-state index in [4.69, 9.17) is 22.9 Å². The first-order valence-corrected chi connectivity index (χ1v) is 14.9. The van der Waals surface area contributed by atoms with Crippen LogP contribution in [0.25, 0.3) is 10.9 Å². The Morgan fingerprint density at radius 1 is 0.809 bits per heavy atom. The molecule has 252 valence electrons. The number of aliphatic carboxylic acids is 1. The molecule has 4 atom stereocenters. The van der Waals surface area contributed by atoms with Gasteiger partial charge in [0, 0.05) is 36.5 Å². The molecule has 1 aromatic heterocycles. The number of guanidine groups is 1. The van der Waals surface area contributed by atoms with Gasteiger partial charge in [0.05, 0.1) is 6.04 Å². The van der Waals surface area contributed by atoms with E-state index in [2.05, 4.69) is 25.9 Å². The highest BCUT2D eigenvalue weighted by Crippen LogP contribution is 2.19. The normalized spacial score (nSPS) is 13.5. The highest BCUT2D eigenvalue weighted by Gasteiger charge is 2.31. The Bertz CT molecular complexity index is 1590. The lowest BCUT2D eigenvalue weighted by Gasteiger charge is -2.25. The lowest BCUT2D eigenvalue weighted by Crippen LogP contribution is -2.57. The third-order valence-corrected chi connectivity index (χ3v) is 7.33. The van der Waals surface area contributed by atoms with Crippen molar-refractivity contribution in [2.45, 2.75) is 62.7 Å². The summed E-state index contributed by atoms with van der Waals surface area (Å²) >= 11 is 0. The number of primary amides is 1. The van der Waals surface area contributed by atoms with E-state index in [-0.39, 0.29) is 56.8 Å². The zero-order chi connectivity index (χ0) is 34.5. The molecule has 16 nitrogen and oxygen atoms in total. The molecule has 3 aromatic rings. The van der Waals surface area contributed by atoms with Crippen LogP contribution < -0.4 is 38.9 Å². The highest BCUT2D eigenvalue weighted by molar-refractivity contribution is 5.94. The molecule has 0 fully saturated rings. The average Bonchev–Trinajstić information content (AvgIpc) is 3.43. The number of hydrogen-bond acceptors (Lipinski definition) is 8. The summed E-state index contributed by atoms with van der Waals surface area (Å²) in [6.07, 6.45) is 1.56. The number of aromatic amines is 1. The highest BCUT2D eigenvalue weighted by atomic mass is 16.4. The van der Waals surface area contributed by atoms with E-state index in [9.17, 15) is 34.2 Å². The second-order valence-electron chi connectivity index (χ2n) is 11.0. The molecule has 0 bridgehead atoms. The Morgan fingerprint density at radius 3 is 2.06 bits per heavy atom. The SMILES string of the molecule is NC(=O)CCC(NC(=O)C(CCCN=C(N)N)NC(=O)C(N)Cc1c[nH]c2ccccc12)C(=O)NC(Cc1ccc(O)cc1)C(=O)O. The molecular formula is C31H41N9O7. The number of aromatic hydroxyl groups is 1. The molecule has 47 heavy (non-hydrogen) atoms. The second kappa shape index (κ2) is 17.2. The summed E-state index contributed by atoms with van der Waals surface area (Å²) in [7, 11) is 0.